The van der Waals surface area contributed by atoms with Crippen molar-refractivity contribution in [3.05, 3.63) is 15.6 Å². The van der Waals surface area contributed by atoms with E-state index >= 15 is 0 Å². The zero-order valence-electron chi connectivity index (χ0n) is 10.1. The summed E-state index contributed by atoms with van der Waals surface area (Å²) in [6, 6.07) is 0. The number of carbonyl (C=O) groups excluding carboxylic acids is 1. The average Bonchev–Trinajstić information content (AvgIpc) is 2.56. The van der Waals surface area contributed by atoms with Crippen LogP contribution in [-0.2, 0) is 4.74 Å². The molecule has 0 aliphatic carbocycles. The standard InChI is InChI=1S/C11H16BrNO2S/c1-6-7(10(14)15-5)16-9(13-6)8(12)11(2,3)4/h8H,1-5H3. The van der Waals surface area contributed by atoms with Gasteiger partial charge in [-0.15, -0.1) is 11.3 Å². The van der Waals surface area contributed by atoms with Gasteiger partial charge in [0.25, 0.3) is 0 Å². The molecule has 0 saturated heterocycles. The van der Waals surface area contributed by atoms with Gasteiger partial charge in [-0.1, -0.05) is 36.7 Å². The van der Waals surface area contributed by atoms with Crippen LogP contribution in [0.3, 0.4) is 0 Å². The molecule has 0 N–H and O–H groups in total. The van der Waals surface area contributed by atoms with Gasteiger partial charge in [-0.05, 0) is 12.3 Å². The first kappa shape index (κ1) is 13.6. The maximum Gasteiger partial charge on any atom is 0.349 e. The Bertz CT molecular complexity index is 395. The molecule has 1 heterocycles. The van der Waals surface area contributed by atoms with Gasteiger partial charge in [0.1, 0.15) is 9.88 Å². The largest absolute Gasteiger partial charge is 0.465 e. The predicted octanol–water partition coefficient (Wildman–Crippen LogP) is 3.72. The molecular weight excluding hydrogens is 290 g/mol. The van der Waals surface area contributed by atoms with Crippen molar-refractivity contribution in [1.29, 1.82) is 0 Å². The number of halogens is 1. The second-order valence-electron chi connectivity index (χ2n) is 4.69. The monoisotopic (exact) mass is 305 g/mol. The van der Waals surface area contributed by atoms with E-state index in [-0.39, 0.29) is 16.2 Å². The highest BCUT2D eigenvalue weighted by Crippen LogP contribution is 2.42. The van der Waals surface area contributed by atoms with Crippen molar-refractivity contribution in [2.45, 2.75) is 32.5 Å². The van der Waals surface area contributed by atoms with E-state index < -0.39 is 0 Å². The van der Waals surface area contributed by atoms with E-state index in [1.165, 1.54) is 18.4 Å². The van der Waals surface area contributed by atoms with E-state index in [0.717, 1.165) is 10.7 Å². The van der Waals surface area contributed by atoms with E-state index in [4.69, 9.17) is 4.74 Å². The smallest absolute Gasteiger partial charge is 0.349 e. The number of thiazole rings is 1. The van der Waals surface area contributed by atoms with Gasteiger partial charge in [0.2, 0.25) is 0 Å². The van der Waals surface area contributed by atoms with Gasteiger partial charge in [-0.3, -0.25) is 0 Å². The van der Waals surface area contributed by atoms with Gasteiger partial charge in [-0.2, -0.15) is 0 Å². The Morgan fingerprint density at radius 3 is 2.50 bits per heavy atom. The minimum atomic E-state index is -0.310. The number of rotatable bonds is 2. The summed E-state index contributed by atoms with van der Waals surface area (Å²) in [5.74, 6) is -0.310. The number of carbonyl (C=O) groups is 1. The van der Waals surface area contributed by atoms with Gasteiger partial charge in [0, 0.05) is 0 Å². The van der Waals surface area contributed by atoms with Crippen molar-refractivity contribution in [2.75, 3.05) is 7.11 Å². The van der Waals surface area contributed by atoms with Crippen LogP contribution in [0, 0.1) is 12.3 Å². The highest BCUT2D eigenvalue weighted by molar-refractivity contribution is 9.09. The normalized spacial score (nSPS) is 13.6. The van der Waals surface area contributed by atoms with Crippen LogP contribution in [-0.4, -0.2) is 18.1 Å². The fourth-order valence-corrected chi connectivity index (χ4v) is 2.77. The van der Waals surface area contributed by atoms with E-state index in [1.807, 2.05) is 6.92 Å². The van der Waals surface area contributed by atoms with Crippen molar-refractivity contribution in [1.82, 2.24) is 4.98 Å². The molecule has 0 aliphatic heterocycles. The lowest BCUT2D eigenvalue weighted by Gasteiger charge is -2.23. The Kier molecular flexibility index (Phi) is 4.12. The molecule has 1 aromatic rings. The lowest BCUT2D eigenvalue weighted by Crippen LogP contribution is -2.12. The first-order valence-electron chi connectivity index (χ1n) is 4.97. The first-order chi connectivity index (χ1) is 7.27. The lowest BCUT2D eigenvalue weighted by molar-refractivity contribution is 0.0605. The number of nitrogens with zero attached hydrogens (tertiary/aromatic N) is 1. The Balaban J connectivity index is 3.06. The second-order valence-corrected chi connectivity index (χ2v) is 6.63. The molecule has 16 heavy (non-hydrogen) atoms. The molecule has 1 atom stereocenters. The van der Waals surface area contributed by atoms with E-state index in [2.05, 4.69) is 41.7 Å². The van der Waals surface area contributed by atoms with Crippen LogP contribution in [0.25, 0.3) is 0 Å². The molecule has 0 fully saturated rings. The van der Waals surface area contributed by atoms with E-state index in [1.54, 1.807) is 0 Å². The number of ether oxygens (including phenoxy) is 1. The minimum absolute atomic E-state index is 0.0671. The van der Waals surface area contributed by atoms with Crippen molar-refractivity contribution in [3.8, 4) is 0 Å². The molecule has 3 nitrogen and oxygen atoms in total. The molecule has 0 saturated carbocycles. The number of hydrogen-bond donors (Lipinski definition) is 0. The summed E-state index contributed by atoms with van der Waals surface area (Å²) in [5.41, 5.74) is 0.804. The van der Waals surface area contributed by atoms with Gasteiger partial charge >= 0.3 is 5.97 Å². The van der Waals surface area contributed by atoms with Crippen molar-refractivity contribution >= 4 is 33.2 Å². The quantitative estimate of drug-likeness (QED) is 0.617. The zero-order chi connectivity index (χ0) is 12.5. The third-order valence-corrected chi connectivity index (χ3v) is 5.47. The maximum absolute atomic E-state index is 11.5. The summed E-state index contributed by atoms with van der Waals surface area (Å²) in [4.78, 5) is 16.6. The molecule has 1 unspecified atom stereocenters. The number of aromatic nitrogens is 1. The Morgan fingerprint density at radius 2 is 2.06 bits per heavy atom. The molecule has 0 aliphatic rings. The Labute approximate surface area is 108 Å². The molecule has 0 radical (unpaired) electrons. The molecule has 0 spiro atoms. The molecule has 5 heteroatoms. The number of methoxy groups -OCH3 is 1. The van der Waals surface area contributed by atoms with Crippen LogP contribution < -0.4 is 0 Å². The molecule has 0 aromatic carbocycles. The third kappa shape index (κ3) is 2.83. The van der Waals surface area contributed by atoms with Crippen molar-refractivity contribution in [3.63, 3.8) is 0 Å². The highest BCUT2D eigenvalue weighted by Gasteiger charge is 2.28. The van der Waals surface area contributed by atoms with Crippen molar-refractivity contribution in [2.24, 2.45) is 5.41 Å². The highest BCUT2D eigenvalue weighted by atomic mass is 79.9. The van der Waals surface area contributed by atoms with Crippen LogP contribution in [0.4, 0.5) is 0 Å². The van der Waals surface area contributed by atoms with Crippen LogP contribution in [0.15, 0.2) is 0 Å². The lowest BCUT2D eigenvalue weighted by atomic mass is 9.93. The van der Waals surface area contributed by atoms with Gasteiger partial charge < -0.3 is 4.74 Å². The van der Waals surface area contributed by atoms with Crippen molar-refractivity contribution < 1.29 is 9.53 Å². The van der Waals surface area contributed by atoms with Crippen LogP contribution in [0.5, 0.6) is 0 Å². The Morgan fingerprint density at radius 1 is 1.50 bits per heavy atom. The van der Waals surface area contributed by atoms with Gasteiger partial charge in [0.05, 0.1) is 17.6 Å². The molecular formula is C11H16BrNO2S. The van der Waals surface area contributed by atoms with E-state index in [9.17, 15) is 4.79 Å². The van der Waals surface area contributed by atoms with Gasteiger partial charge in [-0.25, -0.2) is 9.78 Å². The summed E-state index contributed by atoms with van der Waals surface area (Å²) < 4.78 is 4.71. The number of hydrogen-bond acceptors (Lipinski definition) is 4. The molecule has 90 valence electrons. The average molecular weight is 306 g/mol. The number of alkyl halides is 1. The number of esters is 1. The fraction of sp³-hybridized carbons (Fsp3) is 0.636. The zero-order valence-corrected chi connectivity index (χ0v) is 12.5. The topological polar surface area (TPSA) is 39.2 Å². The summed E-state index contributed by atoms with van der Waals surface area (Å²) in [7, 11) is 1.39. The Hall–Kier alpha value is -0.420. The third-order valence-electron chi connectivity index (χ3n) is 2.16. The molecule has 1 aromatic heterocycles. The van der Waals surface area contributed by atoms with E-state index in [0.29, 0.717) is 4.88 Å². The van der Waals surface area contributed by atoms with Crippen LogP contribution in [0.2, 0.25) is 0 Å². The minimum Gasteiger partial charge on any atom is -0.465 e. The SMILES string of the molecule is COC(=O)c1sc(C(Br)C(C)(C)C)nc1C. The second kappa shape index (κ2) is 4.84. The number of aryl methyl sites for hydroxylation is 1. The summed E-state index contributed by atoms with van der Waals surface area (Å²) >= 11 is 5.02. The molecule has 0 bridgehead atoms. The summed E-state index contributed by atoms with van der Waals surface area (Å²) in [6.07, 6.45) is 0. The predicted molar refractivity (Wildman–Crippen MR) is 69.3 cm³/mol. The fourth-order valence-electron chi connectivity index (χ4n) is 1.18. The first-order valence-corrected chi connectivity index (χ1v) is 6.70. The van der Waals surface area contributed by atoms with Crippen LogP contribution in [0.1, 0.15) is 46.0 Å². The van der Waals surface area contributed by atoms with Gasteiger partial charge in [0.15, 0.2) is 0 Å². The maximum atomic E-state index is 11.5. The molecule has 1 rings (SSSR count). The van der Waals surface area contributed by atoms with Crippen LogP contribution >= 0.6 is 27.3 Å². The molecule has 0 amide bonds. The summed E-state index contributed by atoms with van der Waals surface area (Å²) in [5, 5.41) is 0.922. The summed E-state index contributed by atoms with van der Waals surface area (Å²) in [6.45, 7) is 8.21.